The van der Waals surface area contributed by atoms with Gasteiger partial charge in [0, 0.05) is 23.9 Å². The highest BCUT2D eigenvalue weighted by atomic mass is 32.1. The number of hydrogen-bond acceptors (Lipinski definition) is 6. The van der Waals surface area contributed by atoms with E-state index in [2.05, 4.69) is 17.1 Å². The third-order valence-electron chi connectivity index (χ3n) is 5.81. The van der Waals surface area contributed by atoms with Crippen molar-refractivity contribution in [2.45, 2.75) is 18.3 Å². The van der Waals surface area contributed by atoms with E-state index in [-0.39, 0.29) is 16.9 Å². The first kappa shape index (κ1) is 20.1. The lowest BCUT2D eigenvalue weighted by Gasteiger charge is -2.41. The molecule has 1 aliphatic heterocycles. The van der Waals surface area contributed by atoms with E-state index in [1.165, 1.54) is 24.0 Å². The second kappa shape index (κ2) is 8.28. The van der Waals surface area contributed by atoms with Gasteiger partial charge in [-0.2, -0.15) is 0 Å². The molecule has 0 unspecified atom stereocenters. The Morgan fingerprint density at radius 2 is 1.67 bits per heavy atom. The Balaban J connectivity index is 1.62. The van der Waals surface area contributed by atoms with Crippen molar-refractivity contribution < 1.29 is 14.3 Å². The van der Waals surface area contributed by atoms with E-state index in [0.29, 0.717) is 23.8 Å². The van der Waals surface area contributed by atoms with E-state index in [9.17, 15) is 9.59 Å². The van der Waals surface area contributed by atoms with Crippen molar-refractivity contribution in [3.8, 4) is 0 Å². The fourth-order valence-electron chi connectivity index (χ4n) is 4.18. The Hall–Kier alpha value is -3.19. The molecule has 0 saturated carbocycles. The van der Waals surface area contributed by atoms with Gasteiger partial charge in [-0.15, -0.1) is 11.3 Å². The standard InChI is InChI=1S/C23H23N3O3S/c1-29-21(28)18-10-6-5-9-17(18)20(27)26-13-11-23(12-14-26,16-7-3-2-4-8-16)19-15-30-22(24)25-19/h2-10,15H,11-14H2,1H3,(H2,24,25). The number of ether oxygens (including phenoxy) is 1. The second-order valence-corrected chi connectivity index (χ2v) is 8.24. The van der Waals surface area contributed by atoms with Crippen LogP contribution in [0.15, 0.2) is 60.0 Å². The lowest BCUT2D eigenvalue weighted by atomic mass is 9.70. The van der Waals surface area contributed by atoms with Crippen LogP contribution < -0.4 is 5.73 Å². The first-order chi connectivity index (χ1) is 14.5. The number of esters is 1. The normalized spacial score (nSPS) is 15.6. The van der Waals surface area contributed by atoms with E-state index >= 15 is 0 Å². The molecular formula is C23H23N3O3S. The Bertz CT molecular complexity index is 1060. The Morgan fingerprint density at radius 3 is 2.27 bits per heavy atom. The second-order valence-electron chi connectivity index (χ2n) is 7.35. The number of likely N-dealkylation sites (tertiary alicyclic amines) is 1. The van der Waals surface area contributed by atoms with Crippen LogP contribution in [0, 0.1) is 0 Å². The number of aromatic nitrogens is 1. The smallest absolute Gasteiger partial charge is 0.338 e. The van der Waals surface area contributed by atoms with Crippen LogP contribution in [0.4, 0.5) is 5.13 Å². The number of piperidine rings is 1. The van der Waals surface area contributed by atoms with Gasteiger partial charge in [-0.1, -0.05) is 42.5 Å². The molecule has 0 radical (unpaired) electrons. The fraction of sp³-hybridized carbons (Fsp3) is 0.261. The molecule has 2 aromatic carbocycles. The number of carbonyl (C=O) groups is 2. The van der Waals surface area contributed by atoms with Crippen molar-refractivity contribution in [3.05, 3.63) is 82.4 Å². The van der Waals surface area contributed by atoms with Crippen molar-refractivity contribution in [2.24, 2.45) is 0 Å². The van der Waals surface area contributed by atoms with Crippen molar-refractivity contribution in [2.75, 3.05) is 25.9 Å². The summed E-state index contributed by atoms with van der Waals surface area (Å²) in [6, 6.07) is 17.0. The quantitative estimate of drug-likeness (QED) is 0.649. The van der Waals surface area contributed by atoms with Crippen molar-refractivity contribution >= 4 is 28.3 Å². The van der Waals surface area contributed by atoms with E-state index in [1.54, 1.807) is 29.2 Å². The van der Waals surface area contributed by atoms with Crippen LogP contribution in [0.2, 0.25) is 0 Å². The zero-order valence-electron chi connectivity index (χ0n) is 16.7. The molecule has 6 nitrogen and oxygen atoms in total. The molecule has 3 aromatic rings. The molecule has 0 atom stereocenters. The van der Waals surface area contributed by atoms with Gasteiger partial charge in [-0.3, -0.25) is 4.79 Å². The van der Waals surface area contributed by atoms with Crippen LogP contribution in [0.5, 0.6) is 0 Å². The number of amides is 1. The first-order valence-corrected chi connectivity index (χ1v) is 10.7. The van der Waals surface area contributed by atoms with Gasteiger partial charge in [0.05, 0.1) is 23.9 Å². The van der Waals surface area contributed by atoms with Crippen LogP contribution in [-0.2, 0) is 10.2 Å². The number of rotatable bonds is 4. The minimum atomic E-state index is -0.507. The number of nitrogens with zero attached hydrogens (tertiary/aromatic N) is 2. The summed E-state index contributed by atoms with van der Waals surface area (Å²) >= 11 is 1.44. The monoisotopic (exact) mass is 421 g/mol. The summed E-state index contributed by atoms with van der Waals surface area (Å²) in [4.78, 5) is 31.7. The largest absolute Gasteiger partial charge is 0.465 e. The molecular weight excluding hydrogens is 398 g/mol. The third kappa shape index (κ3) is 3.57. The van der Waals surface area contributed by atoms with Gasteiger partial charge >= 0.3 is 5.97 Å². The zero-order valence-corrected chi connectivity index (χ0v) is 17.5. The molecule has 4 rings (SSSR count). The molecule has 154 valence electrons. The van der Waals surface area contributed by atoms with Crippen LogP contribution in [-0.4, -0.2) is 42.0 Å². The van der Waals surface area contributed by atoms with E-state index in [1.807, 2.05) is 23.6 Å². The number of benzene rings is 2. The predicted octanol–water partition coefficient (Wildman–Crippen LogP) is 3.73. The molecule has 1 amide bonds. The van der Waals surface area contributed by atoms with Crippen LogP contribution in [0.3, 0.4) is 0 Å². The van der Waals surface area contributed by atoms with Crippen molar-refractivity contribution in [3.63, 3.8) is 0 Å². The topological polar surface area (TPSA) is 85.5 Å². The highest BCUT2D eigenvalue weighted by Gasteiger charge is 2.41. The highest BCUT2D eigenvalue weighted by molar-refractivity contribution is 7.13. The molecule has 7 heteroatoms. The molecule has 0 aliphatic carbocycles. The SMILES string of the molecule is COC(=O)c1ccccc1C(=O)N1CCC(c2ccccc2)(c2csc(N)n2)CC1. The summed E-state index contributed by atoms with van der Waals surface area (Å²) in [6.07, 6.45) is 1.46. The Morgan fingerprint density at radius 1 is 1.03 bits per heavy atom. The van der Waals surface area contributed by atoms with Crippen molar-refractivity contribution in [1.29, 1.82) is 0 Å². The molecule has 1 fully saturated rings. The summed E-state index contributed by atoms with van der Waals surface area (Å²) in [5.41, 5.74) is 8.44. The number of nitrogens with two attached hydrogens (primary N) is 1. The van der Waals surface area contributed by atoms with Gasteiger partial charge in [-0.25, -0.2) is 9.78 Å². The maximum atomic E-state index is 13.2. The number of anilines is 1. The van der Waals surface area contributed by atoms with Crippen LogP contribution in [0.1, 0.15) is 44.8 Å². The number of thiazole rings is 1. The maximum Gasteiger partial charge on any atom is 0.338 e. The molecule has 2 heterocycles. The van der Waals surface area contributed by atoms with E-state index in [0.717, 1.165) is 18.5 Å². The average Bonchev–Trinajstić information content (AvgIpc) is 3.25. The van der Waals surface area contributed by atoms with Gasteiger partial charge in [0.15, 0.2) is 5.13 Å². The summed E-state index contributed by atoms with van der Waals surface area (Å²) in [6.45, 7) is 1.11. The average molecular weight is 422 g/mol. The van der Waals surface area contributed by atoms with E-state index < -0.39 is 5.97 Å². The number of carbonyl (C=O) groups excluding carboxylic acids is 2. The van der Waals surface area contributed by atoms with Crippen LogP contribution in [0.25, 0.3) is 0 Å². The summed E-state index contributed by atoms with van der Waals surface area (Å²) in [5.74, 6) is -0.664. The summed E-state index contributed by atoms with van der Waals surface area (Å²) in [7, 11) is 1.32. The van der Waals surface area contributed by atoms with Crippen molar-refractivity contribution in [1.82, 2.24) is 9.88 Å². The fourth-order valence-corrected chi connectivity index (χ4v) is 4.84. The van der Waals surface area contributed by atoms with Gasteiger partial charge in [0.1, 0.15) is 0 Å². The van der Waals surface area contributed by atoms with Gasteiger partial charge < -0.3 is 15.4 Å². The molecule has 1 saturated heterocycles. The third-order valence-corrected chi connectivity index (χ3v) is 6.48. The number of hydrogen-bond donors (Lipinski definition) is 1. The first-order valence-electron chi connectivity index (χ1n) is 9.79. The minimum Gasteiger partial charge on any atom is -0.465 e. The minimum absolute atomic E-state index is 0.157. The number of nitrogen functional groups attached to an aromatic ring is 1. The lowest BCUT2D eigenvalue weighted by Crippen LogP contribution is -2.46. The summed E-state index contributed by atoms with van der Waals surface area (Å²) < 4.78 is 4.84. The molecule has 30 heavy (non-hydrogen) atoms. The van der Waals surface area contributed by atoms with Gasteiger partial charge in [0.25, 0.3) is 5.91 Å². The Kier molecular flexibility index (Phi) is 5.55. The van der Waals surface area contributed by atoms with E-state index in [4.69, 9.17) is 10.5 Å². The summed E-state index contributed by atoms with van der Waals surface area (Å²) in [5, 5.41) is 2.57. The molecule has 1 aliphatic rings. The number of methoxy groups -OCH3 is 1. The molecule has 2 N–H and O–H groups in total. The molecule has 1 aromatic heterocycles. The predicted molar refractivity (Wildman–Crippen MR) is 117 cm³/mol. The lowest BCUT2D eigenvalue weighted by molar-refractivity contribution is 0.0583. The molecule has 0 bridgehead atoms. The van der Waals surface area contributed by atoms with Gasteiger partial charge in [-0.05, 0) is 30.5 Å². The zero-order chi connectivity index (χ0) is 21.1. The Labute approximate surface area is 179 Å². The molecule has 0 spiro atoms. The highest BCUT2D eigenvalue weighted by Crippen LogP contribution is 2.42. The van der Waals surface area contributed by atoms with Gasteiger partial charge in [0.2, 0.25) is 0 Å². The maximum absolute atomic E-state index is 13.2. The van der Waals surface area contributed by atoms with Crippen LogP contribution >= 0.6 is 11.3 Å².